The van der Waals surface area contributed by atoms with Crippen molar-refractivity contribution in [2.75, 3.05) is 39.3 Å². The van der Waals surface area contributed by atoms with Crippen molar-refractivity contribution in [3.8, 4) is 0 Å². The first-order valence-electron chi connectivity index (χ1n) is 8.17. The molecule has 110 valence electrons. The maximum Gasteiger partial charge on any atom is 0.0718 e. The molecule has 2 aliphatic carbocycles. The highest BCUT2D eigenvalue weighted by Crippen LogP contribution is 2.48. The molecule has 0 amide bonds. The van der Waals surface area contributed by atoms with Crippen LogP contribution in [0.2, 0.25) is 0 Å². The largest absolute Gasteiger partial charge is 0.389 e. The van der Waals surface area contributed by atoms with Crippen molar-refractivity contribution in [2.24, 2.45) is 17.8 Å². The van der Waals surface area contributed by atoms with Crippen molar-refractivity contribution < 1.29 is 5.11 Å². The molecule has 0 aromatic rings. The molecule has 0 aromatic heterocycles. The Morgan fingerprint density at radius 1 is 1.00 bits per heavy atom. The third-order valence-electron chi connectivity index (χ3n) is 5.45. The lowest BCUT2D eigenvalue weighted by atomic mass is 9.88. The smallest absolute Gasteiger partial charge is 0.0718 e. The molecular weight excluding hydrogens is 236 g/mol. The fraction of sp³-hybridized carbons (Fsp3) is 1.00. The maximum atomic E-state index is 9.88. The van der Waals surface area contributed by atoms with E-state index in [1.54, 1.807) is 0 Å². The summed E-state index contributed by atoms with van der Waals surface area (Å²) >= 11 is 0. The Balaban J connectivity index is 1.41. The predicted octanol–water partition coefficient (Wildman–Crippen LogP) is 1.81. The number of hydrogen-bond acceptors (Lipinski definition) is 3. The minimum atomic E-state index is -0.549. The van der Waals surface area contributed by atoms with E-state index in [0.29, 0.717) is 0 Å². The summed E-state index contributed by atoms with van der Waals surface area (Å²) in [4.78, 5) is 5.09. The fourth-order valence-electron chi connectivity index (χ4n) is 4.61. The minimum absolute atomic E-state index is 0.549. The van der Waals surface area contributed by atoms with E-state index in [-0.39, 0.29) is 0 Å². The second-order valence-corrected chi connectivity index (χ2v) is 7.82. The Labute approximate surface area is 118 Å². The Bertz CT molecular complexity index is 304. The molecule has 2 bridgehead atoms. The summed E-state index contributed by atoms with van der Waals surface area (Å²) in [5.74, 6) is 3.13. The lowest BCUT2D eigenvalue weighted by Crippen LogP contribution is -2.51. The van der Waals surface area contributed by atoms with E-state index in [1.807, 2.05) is 13.8 Å². The molecule has 3 nitrogen and oxygen atoms in total. The van der Waals surface area contributed by atoms with Gasteiger partial charge in [0.2, 0.25) is 0 Å². The molecule has 0 aromatic carbocycles. The van der Waals surface area contributed by atoms with Crippen molar-refractivity contribution >= 4 is 0 Å². The van der Waals surface area contributed by atoms with Crippen LogP contribution in [0.3, 0.4) is 0 Å². The molecule has 2 saturated carbocycles. The second-order valence-electron chi connectivity index (χ2n) is 7.82. The van der Waals surface area contributed by atoms with E-state index in [0.717, 1.165) is 37.4 Å². The molecule has 0 spiro atoms. The summed E-state index contributed by atoms with van der Waals surface area (Å²) in [5, 5.41) is 9.88. The molecule has 0 radical (unpaired) electrons. The van der Waals surface area contributed by atoms with Gasteiger partial charge in [-0.05, 0) is 50.9 Å². The monoisotopic (exact) mass is 266 g/mol. The van der Waals surface area contributed by atoms with Crippen LogP contribution in [0.15, 0.2) is 0 Å². The van der Waals surface area contributed by atoms with Gasteiger partial charge >= 0.3 is 0 Å². The molecule has 1 saturated heterocycles. The first-order chi connectivity index (χ1) is 8.99. The molecule has 3 atom stereocenters. The third kappa shape index (κ3) is 3.50. The van der Waals surface area contributed by atoms with Crippen LogP contribution in [0.4, 0.5) is 0 Å². The van der Waals surface area contributed by atoms with Crippen molar-refractivity contribution in [2.45, 2.75) is 45.1 Å². The average molecular weight is 266 g/mol. The van der Waals surface area contributed by atoms with E-state index in [2.05, 4.69) is 9.80 Å². The van der Waals surface area contributed by atoms with Crippen LogP contribution in [-0.2, 0) is 0 Å². The Hall–Kier alpha value is -0.120. The zero-order valence-electron chi connectivity index (χ0n) is 12.6. The van der Waals surface area contributed by atoms with Gasteiger partial charge in [0.25, 0.3) is 0 Å². The van der Waals surface area contributed by atoms with Gasteiger partial charge in [-0.1, -0.05) is 6.42 Å². The number of aliphatic hydroxyl groups is 1. The third-order valence-corrected chi connectivity index (χ3v) is 5.45. The first kappa shape index (κ1) is 13.8. The number of hydrogen-bond donors (Lipinski definition) is 1. The lowest BCUT2D eigenvalue weighted by Gasteiger charge is -2.39. The van der Waals surface area contributed by atoms with Gasteiger partial charge in [0.15, 0.2) is 0 Å². The number of fused-ring (bicyclic) bond motifs is 2. The van der Waals surface area contributed by atoms with Crippen molar-refractivity contribution in [3.05, 3.63) is 0 Å². The minimum Gasteiger partial charge on any atom is -0.389 e. The highest BCUT2D eigenvalue weighted by molar-refractivity contribution is 4.92. The van der Waals surface area contributed by atoms with Gasteiger partial charge in [-0.25, -0.2) is 0 Å². The Morgan fingerprint density at radius 2 is 1.68 bits per heavy atom. The van der Waals surface area contributed by atoms with Gasteiger partial charge in [0.05, 0.1) is 5.60 Å². The Morgan fingerprint density at radius 3 is 2.21 bits per heavy atom. The van der Waals surface area contributed by atoms with Gasteiger partial charge in [-0.15, -0.1) is 0 Å². The highest BCUT2D eigenvalue weighted by atomic mass is 16.3. The van der Waals surface area contributed by atoms with Gasteiger partial charge in [-0.2, -0.15) is 0 Å². The van der Waals surface area contributed by atoms with Crippen molar-refractivity contribution in [3.63, 3.8) is 0 Å². The molecule has 1 N–H and O–H groups in total. The van der Waals surface area contributed by atoms with Crippen LogP contribution in [0.5, 0.6) is 0 Å². The van der Waals surface area contributed by atoms with E-state index < -0.39 is 5.60 Å². The summed E-state index contributed by atoms with van der Waals surface area (Å²) in [6, 6.07) is 0. The Kier molecular flexibility index (Phi) is 3.89. The standard InChI is InChI=1S/C16H30N2O/c1-16(2,19)12-18-7-5-17(6-8-18)11-15-10-13-3-4-14(15)9-13/h13-15,19H,3-12H2,1-2H3. The van der Waals surface area contributed by atoms with Crippen molar-refractivity contribution in [1.29, 1.82) is 0 Å². The normalized spacial score (nSPS) is 37.1. The summed E-state index contributed by atoms with van der Waals surface area (Å²) in [6.07, 6.45) is 6.06. The second kappa shape index (κ2) is 5.34. The molecule has 3 unspecified atom stereocenters. The van der Waals surface area contributed by atoms with E-state index in [9.17, 15) is 5.11 Å². The van der Waals surface area contributed by atoms with Gasteiger partial charge in [-0.3, -0.25) is 4.90 Å². The zero-order valence-corrected chi connectivity index (χ0v) is 12.6. The predicted molar refractivity (Wildman–Crippen MR) is 78.1 cm³/mol. The number of β-amino-alcohol motifs (C(OH)–C–C–N with tert-alkyl or cyclic N) is 1. The molecule has 1 aliphatic heterocycles. The molecule has 1 heterocycles. The summed E-state index contributed by atoms with van der Waals surface area (Å²) in [6.45, 7) is 10.6. The van der Waals surface area contributed by atoms with Gasteiger partial charge in [0.1, 0.15) is 0 Å². The van der Waals surface area contributed by atoms with E-state index >= 15 is 0 Å². The van der Waals surface area contributed by atoms with E-state index in [4.69, 9.17) is 0 Å². The molecule has 3 rings (SSSR count). The van der Waals surface area contributed by atoms with Crippen LogP contribution in [0.1, 0.15) is 39.5 Å². The fourth-order valence-corrected chi connectivity index (χ4v) is 4.61. The number of piperazine rings is 1. The maximum absolute atomic E-state index is 9.88. The SMILES string of the molecule is CC(C)(O)CN1CCN(CC2CC3CCC2C3)CC1. The van der Waals surface area contributed by atoms with Gasteiger partial charge < -0.3 is 10.0 Å². The highest BCUT2D eigenvalue weighted by Gasteiger charge is 2.40. The van der Waals surface area contributed by atoms with Crippen LogP contribution in [0, 0.1) is 17.8 Å². The van der Waals surface area contributed by atoms with Crippen molar-refractivity contribution in [1.82, 2.24) is 9.80 Å². The zero-order chi connectivity index (χ0) is 13.5. The molecule has 19 heavy (non-hydrogen) atoms. The molecule has 3 aliphatic rings. The van der Waals surface area contributed by atoms with Gasteiger partial charge in [0, 0.05) is 39.3 Å². The first-order valence-corrected chi connectivity index (χ1v) is 8.17. The average Bonchev–Trinajstić information content (AvgIpc) is 2.92. The summed E-state index contributed by atoms with van der Waals surface area (Å²) in [7, 11) is 0. The van der Waals surface area contributed by atoms with E-state index in [1.165, 1.54) is 45.3 Å². The van der Waals surface area contributed by atoms with Crippen LogP contribution in [0.25, 0.3) is 0 Å². The van der Waals surface area contributed by atoms with Crippen LogP contribution < -0.4 is 0 Å². The van der Waals surface area contributed by atoms with Crippen LogP contribution in [-0.4, -0.2) is 59.8 Å². The summed E-state index contributed by atoms with van der Waals surface area (Å²) in [5.41, 5.74) is -0.549. The quantitative estimate of drug-likeness (QED) is 0.841. The molecule has 3 fully saturated rings. The molecular formula is C16H30N2O. The number of rotatable bonds is 4. The lowest BCUT2D eigenvalue weighted by molar-refractivity contribution is 0.0144. The van der Waals surface area contributed by atoms with Crippen LogP contribution >= 0.6 is 0 Å². The molecule has 3 heteroatoms. The topological polar surface area (TPSA) is 26.7 Å². The summed E-state index contributed by atoms with van der Waals surface area (Å²) < 4.78 is 0. The number of nitrogens with zero attached hydrogens (tertiary/aromatic N) is 2.